The van der Waals surface area contributed by atoms with E-state index in [1.807, 2.05) is 10.9 Å². The molecule has 0 radical (unpaired) electrons. The van der Waals surface area contributed by atoms with Crippen molar-refractivity contribution in [2.45, 2.75) is 66.5 Å². The lowest BCUT2D eigenvalue weighted by Gasteiger charge is -2.45. The Hall–Kier alpha value is -0.990. The number of anilines is 1. The van der Waals surface area contributed by atoms with Gasteiger partial charge in [0.15, 0.2) is 0 Å². The van der Waals surface area contributed by atoms with Gasteiger partial charge >= 0.3 is 0 Å². The van der Waals surface area contributed by atoms with Gasteiger partial charge in [-0.1, -0.05) is 27.7 Å². The number of hydrogen-bond donors (Lipinski definition) is 1. The maximum Gasteiger partial charge on any atom is 0.0728 e. The summed E-state index contributed by atoms with van der Waals surface area (Å²) in [4.78, 5) is 0. The molecule has 0 bridgehead atoms. The van der Waals surface area contributed by atoms with Crippen LogP contribution in [0.15, 0.2) is 12.4 Å². The van der Waals surface area contributed by atoms with Crippen molar-refractivity contribution in [1.82, 2.24) is 9.78 Å². The molecule has 0 aliphatic heterocycles. The SMILES string of the molecule is CCn1cc(NC2CC(C)(C)CC(C)(C)C2)cn1. The van der Waals surface area contributed by atoms with Gasteiger partial charge < -0.3 is 5.32 Å². The van der Waals surface area contributed by atoms with Crippen molar-refractivity contribution in [1.29, 1.82) is 0 Å². The van der Waals surface area contributed by atoms with Gasteiger partial charge in [-0.25, -0.2) is 0 Å². The maximum absolute atomic E-state index is 4.33. The third-order valence-electron chi connectivity index (χ3n) is 3.88. The van der Waals surface area contributed by atoms with Gasteiger partial charge in [0.2, 0.25) is 0 Å². The number of hydrogen-bond acceptors (Lipinski definition) is 2. The molecule has 2 rings (SSSR count). The number of aryl methyl sites for hydroxylation is 1. The summed E-state index contributed by atoms with van der Waals surface area (Å²) in [6.07, 6.45) is 7.85. The molecule has 1 fully saturated rings. The van der Waals surface area contributed by atoms with Crippen LogP contribution in [0.1, 0.15) is 53.9 Å². The average molecular weight is 249 g/mol. The fourth-order valence-electron chi connectivity index (χ4n) is 3.79. The molecule has 1 aliphatic rings. The predicted molar refractivity (Wildman–Crippen MR) is 76.7 cm³/mol. The van der Waals surface area contributed by atoms with E-state index in [1.165, 1.54) is 19.3 Å². The van der Waals surface area contributed by atoms with Gasteiger partial charge in [-0.15, -0.1) is 0 Å². The molecule has 1 heterocycles. The third-order valence-corrected chi connectivity index (χ3v) is 3.88. The highest BCUT2D eigenvalue weighted by atomic mass is 15.3. The first kappa shape index (κ1) is 13.4. The van der Waals surface area contributed by atoms with Gasteiger partial charge in [0.05, 0.1) is 11.9 Å². The van der Waals surface area contributed by atoms with E-state index in [9.17, 15) is 0 Å². The molecule has 0 saturated heterocycles. The first-order valence-corrected chi connectivity index (χ1v) is 7.09. The summed E-state index contributed by atoms with van der Waals surface area (Å²) < 4.78 is 1.97. The third kappa shape index (κ3) is 3.27. The van der Waals surface area contributed by atoms with Crippen LogP contribution in [0.4, 0.5) is 5.69 Å². The highest BCUT2D eigenvalue weighted by Crippen LogP contribution is 2.46. The summed E-state index contributed by atoms with van der Waals surface area (Å²) in [5, 5.41) is 7.99. The highest BCUT2D eigenvalue weighted by molar-refractivity contribution is 5.39. The van der Waals surface area contributed by atoms with E-state index >= 15 is 0 Å². The van der Waals surface area contributed by atoms with Crippen molar-refractivity contribution >= 4 is 5.69 Å². The van der Waals surface area contributed by atoms with Crippen molar-refractivity contribution in [2.24, 2.45) is 10.8 Å². The Morgan fingerprint density at radius 2 is 1.89 bits per heavy atom. The molecule has 1 aromatic rings. The van der Waals surface area contributed by atoms with Crippen LogP contribution in [0.5, 0.6) is 0 Å². The number of nitrogens with one attached hydrogen (secondary N) is 1. The molecule has 1 N–H and O–H groups in total. The predicted octanol–water partition coefficient (Wildman–Crippen LogP) is 3.92. The molecule has 18 heavy (non-hydrogen) atoms. The van der Waals surface area contributed by atoms with E-state index in [4.69, 9.17) is 0 Å². The molecule has 3 nitrogen and oxygen atoms in total. The van der Waals surface area contributed by atoms with E-state index in [2.05, 4.69) is 51.2 Å². The molecule has 3 heteroatoms. The first-order valence-electron chi connectivity index (χ1n) is 7.09. The number of nitrogens with zero attached hydrogens (tertiary/aromatic N) is 2. The molecular formula is C15H27N3. The second-order valence-electron chi connectivity index (χ2n) is 7.34. The quantitative estimate of drug-likeness (QED) is 0.880. The number of aromatic nitrogens is 2. The van der Waals surface area contributed by atoms with E-state index < -0.39 is 0 Å². The lowest BCUT2D eigenvalue weighted by molar-refractivity contribution is 0.105. The van der Waals surface area contributed by atoms with Crippen LogP contribution in [0.3, 0.4) is 0 Å². The van der Waals surface area contributed by atoms with Crippen molar-refractivity contribution < 1.29 is 0 Å². The molecule has 0 amide bonds. The zero-order valence-electron chi connectivity index (χ0n) is 12.5. The summed E-state index contributed by atoms with van der Waals surface area (Å²) in [5.74, 6) is 0. The molecule has 0 aromatic carbocycles. The number of rotatable bonds is 3. The molecule has 0 atom stereocenters. The monoisotopic (exact) mass is 249 g/mol. The van der Waals surface area contributed by atoms with Crippen LogP contribution in [0, 0.1) is 10.8 Å². The normalized spacial score (nSPS) is 22.9. The van der Waals surface area contributed by atoms with E-state index in [0.29, 0.717) is 16.9 Å². The molecule has 1 saturated carbocycles. The largest absolute Gasteiger partial charge is 0.380 e. The van der Waals surface area contributed by atoms with Gasteiger partial charge in [-0.05, 0) is 37.0 Å². The van der Waals surface area contributed by atoms with Crippen LogP contribution < -0.4 is 5.32 Å². The molecular weight excluding hydrogens is 222 g/mol. The van der Waals surface area contributed by atoms with Crippen molar-refractivity contribution in [3.63, 3.8) is 0 Å². The van der Waals surface area contributed by atoms with Crippen LogP contribution >= 0.6 is 0 Å². The van der Waals surface area contributed by atoms with E-state index in [1.54, 1.807) is 0 Å². The van der Waals surface area contributed by atoms with Gasteiger partial charge in [0.25, 0.3) is 0 Å². The van der Waals surface area contributed by atoms with Crippen LogP contribution in [-0.2, 0) is 6.54 Å². The Bertz CT molecular complexity index is 388. The molecule has 0 spiro atoms. The van der Waals surface area contributed by atoms with Crippen molar-refractivity contribution in [3.05, 3.63) is 12.4 Å². The highest BCUT2D eigenvalue weighted by Gasteiger charge is 2.38. The molecule has 0 unspecified atom stereocenters. The summed E-state index contributed by atoms with van der Waals surface area (Å²) >= 11 is 0. The Balaban J connectivity index is 2.04. The van der Waals surface area contributed by atoms with Gasteiger partial charge in [-0.2, -0.15) is 5.10 Å². The molecule has 1 aromatic heterocycles. The van der Waals surface area contributed by atoms with E-state index in [0.717, 1.165) is 12.2 Å². The minimum absolute atomic E-state index is 0.431. The average Bonchev–Trinajstić information content (AvgIpc) is 2.60. The fourth-order valence-corrected chi connectivity index (χ4v) is 3.79. The Labute approximate surface area is 111 Å². The van der Waals surface area contributed by atoms with Gasteiger partial charge in [-0.3, -0.25) is 4.68 Å². The standard InChI is InChI=1S/C15H27N3/c1-6-18-10-13(9-16-18)17-12-7-14(2,3)11-15(4,5)8-12/h9-10,12,17H,6-8,11H2,1-5H3. The topological polar surface area (TPSA) is 29.9 Å². The molecule has 1 aliphatic carbocycles. The van der Waals surface area contributed by atoms with Crippen molar-refractivity contribution in [2.75, 3.05) is 5.32 Å². The zero-order valence-corrected chi connectivity index (χ0v) is 12.5. The first-order chi connectivity index (χ1) is 8.30. The minimum atomic E-state index is 0.431. The zero-order chi connectivity index (χ0) is 13.4. The maximum atomic E-state index is 4.33. The lowest BCUT2D eigenvalue weighted by atomic mass is 9.63. The summed E-state index contributed by atoms with van der Waals surface area (Å²) in [5.41, 5.74) is 2.02. The minimum Gasteiger partial charge on any atom is -0.380 e. The van der Waals surface area contributed by atoms with E-state index in [-0.39, 0.29) is 0 Å². The van der Waals surface area contributed by atoms with Crippen LogP contribution in [0.25, 0.3) is 0 Å². The lowest BCUT2D eigenvalue weighted by Crippen LogP contribution is -2.40. The summed E-state index contributed by atoms with van der Waals surface area (Å²) in [6, 6.07) is 0.568. The Morgan fingerprint density at radius 1 is 1.28 bits per heavy atom. The smallest absolute Gasteiger partial charge is 0.0728 e. The van der Waals surface area contributed by atoms with Gasteiger partial charge in [0, 0.05) is 18.8 Å². The van der Waals surface area contributed by atoms with Crippen LogP contribution in [-0.4, -0.2) is 15.8 Å². The molecule has 102 valence electrons. The van der Waals surface area contributed by atoms with Crippen LogP contribution in [0.2, 0.25) is 0 Å². The Morgan fingerprint density at radius 3 is 2.39 bits per heavy atom. The second-order valence-corrected chi connectivity index (χ2v) is 7.34. The summed E-state index contributed by atoms with van der Waals surface area (Å²) in [7, 11) is 0. The van der Waals surface area contributed by atoms with Gasteiger partial charge in [0.1, 0.15) is 0 Å². The fraction of sp³-hybridized carbons (Fsp3) is 0.800. The summed E-state index contributed by atoms with van der Waals surface area (Å²) in [6.45, 7) is 12.6. The Kier molecular flexibility index (Phi) is 3.43. The van der Waals surface area contributed by atoms with Crippen molar-refractivity contribution in [3.8, 4) is 0 Å². The second kappa shape index (κ2) is 4.60.